The predicted molar refractivity (Wildman–Crippen MR) is 102 cm³/mol. The lowest BCUT2D eigenvalue weighted by Gasteiger charge is -2.21. The number of rotatable bonds is 8. The first-order valence-electron chi connectivity index (χ1n) is 9.09. The van der Waals surface area contributed by atoms with Crippen molar-refractivity contribution in [2.75, 3.05) is 13.1 Å². The van der Waals surface area contributed by atoms with Crippen LogP contribution < -0.4 is 5.56 Å². The van der Waals surface area contributed by atoms with Crippen molar-refractivity contribution in [1.29, 1.82) is 0 Å². The van der Waals surface area contributed by atoms with E-state index in [1.807, 2.05) is 6.92 Å². The van der Waals surface area contributed by atoms with Crippen LogP contribution in [0.15, 0.2) is 23.0 Å². The highest BCUT2D eigenvalue weighted by atomic mass is 16.3. The summed E-state index contributed by atoms with van der Waals surface area (Å²) in [6, 6.07) is 4.73. The van der Waals surface area contributed by atoms with E-state index in [0.29, 0.717) is 29.6 Å². The van der Waals surface area contributed by atoms with Crippen LogP contribution in [-0.4, -0.2) is 39.8 Å². The first kappa shape index (κ1) is 19.7. The van der Waals surface area contributed by atoms with Crippen molar-refractivity contribution in [2.45, 2.75) is 46.5 Å². The van der Waals surface area contributed by atoms with Gasteiger partial charge < -0.3 is 15.0 Å². The van der Waals surface area contributed by atoms with E-state index in [9.17, 15) is 19.5 Å². The number of benzene rings is 1. The molecule has 2 rings (SSSR count). The van der Waals surface area contributed by atoms with Crippen molar-refractivity contribution < 1.29 is 14.7 Å². The van der Waals surface area contributed by atoms with Crippen molar-refractivity contribution in [2.24, 2.45) is 0 Å². The van der Waals surface area contributed by atoms with E-state index in [1.54, 1.807) is 23.1 Å². The number of carbonyl (C=O) groups excluding carboxylic acids is 2. The Morgan fingerprint density at radius 1 is 1.15 bits per heavy atom. The summed E-state index contributed by atoms with van der Waals surface area (Å²) in [7, 11) is 0. The summed E-state index contributed by atoms with van der Waals surface area (Å²) >= 11 is 0. The number of H-pyrrole nitrogens is 1. The Balaban J connectivity index is 2.32. The number of ketones is 1. The number of aromatic nitrogens is 1. The molecule has 6 heteroatoms. The average Bonchev–Trinajstić information content (AvgIpc) is 2.60. The molecular weight excluding hydrogens is 332 g/mol. The van der Waals surface area contributed by atoms with Crippen molar-refractivity contribution in [3.63, 3.8) is 0 Å². The molecule has 0 spiro atoms. The van der Waals surface area contributed by atoms with Crippen LogP contribution >= 0.6 is 0 Å². The predicted octanol–water partition coefficient (Wildman–Crippen LogP) is 3.48. The zero-order chi connectivity index (χ0) is 19.3. The van der Waals surface area contributed by atoms with E-state index >= 15 is 0 Å². The third-order valence-corrected chi connectivity index (χ3v) is 4.54. The molecule has 2 aromatic rings. The van der Waals surface area contributed by atoms with Crippen LogP contribution in [0.1, 0.15) is 67.2 Å². The normalized spacial score (nSPS) is 10.9. The Bertz CT molecular complexity index is 870. The van der Waals surface area contributed by atoms with E-state index in [1.165, 1.54) is 6.92 Å². The summed E-state index contributed by atoms with van der Waals surface area (Å²) < 4.78 is 0. The molecule has 140 valence electrons. The van der Waals surface area contributed by atoms with Crippen LogP contribution in [0, 0.1) is 0 Å². The highest BCUT2D eigenvalue weighted by Crippen LogP contribution is 2.26. The topological polar surface area (TPSA) is 90.5 Å². The van der Waals surface area contributed by atoms with Crippen LogP contribution in [-0.2, 0) is 0 Å². The molecule has 0 aliphatic heterocycles. The molecule has 0 saturated heterocycles. The minimum Gasteiger partial charge on any atom is -0.506 e. The number of aromatic hydroxyl groups is 1. The fourth-order valence-electron chi connectivity index (χ4n) is 3.06. The standard InChI is InChI=1S/C20H26N2O4/c1-4-6-7-8-11-22(5-2)20(26)14-9-10-15-16(12-14)21-19(25)17(13(3)23)18(15)24/h9-10,12H,4-8,11H2,1-3H3,(H2,21,24,25). The van der Waals surface area contributed by atoms with Crippen LogP contribution in [0.3, 0.4) is 0 Å². The molecule has 0 fully saturated rings. The molecule has 1 heterocycles. The SMILES string of the molecule is CCCCCCN(CC)C(=O)c1ccc2c(O)c(C(C)=O)c(=O)[nH]c2c1. The highest BCUT2D eigenvalue weighted by Gasteiger charge is 2.18. The zero-order valence-electron chi connectivity index (χ0n) is 15.6. The number of Topliss-reactive ketones (excluding diaryl/α,β-unsaturated/α-hetero) is 1. The van der Waals surface area contributed by atoms with Crippen molar-refractivity contribution >= 4 is 22.6 Å². The van der Waals surface area contributed by atoms with E-state index in [2.05, 4.69) is 11.9 Å². The maximum Gasteiger partial charge on any atom is 0.263 e. The van der Waals surface area contributed by atoms with Gasteiger partial charge in [-0.2, -0.15) is 0 Å². The summed E-state index contributed by atoms with van der Waals surface area (Å²) in [5, 5.41) is 10.6. The Labute approximate surface area is 152 Å². The van der Waals surface area contributed by atoms with Gasteiger partial charge in [-0.3, -0.25) is 14.4 Å². The maximum absolute atomic E-state index is 12.7. The lowest BCUT2D eigenvalue weighted by molar-refractivity contribution is 0.0761. The van der Waals surface area contributed by atoms with Crippen molar-refractivity contribution in [3.8, 4) is 5.75 Å². The minimum absolute atomic E-state index is 0.109. The number of hydrogen-bond acceptors (Lipinski definition) is 4. The highest BCUT2D eigenvalue weighted by molar-refractivity contribution is 6.04. The van der Waals surface area contributed by atoms with Gasteiger partial charge in [0.2, 0.25) is 0 Å². The average molecular weight is 358 g/mol. The molecule has 0 atom stereocenters. The second-order valence-electron chi connectivity index (χ2n) is 6.44. The summed E-state index contributed by atoms with van der Waals surface area (Å²) in [5.41, 5.74) is -0.132. The molecule has 6 nitrogen and oxygen atoms in total. The van der Waals surface area contributed by atoms with E-state index in [4.69, 9.17) is 0 Å². The minimum atomic E-state index is -0.654. The summed E-state index contributed by atoms with van der Waals surface area (Å²) in [4.78, 5) is 40.7. The van der Waals surface area contributed by atoms with Gasteiger partial charge in [0, 0.05) is 24.0 Å². The van der Waals surface area contributed by atoms with Gasteiger partial charge in [0.05, 0.1) is 5.52 Å². The first-order valence-corrected chi connectivity index (χ1v) is 9.09. The number of aromatic amines is 1. The molecule has 0 aliphatic rings. The van der Waals surface area contributed by atoms with Gasteiger partial charge in [-0.25, -0.2) is 0 Å². The number of nitrogens with one attached hydrogen (secondary N) is 1. The third-order valence-electron chi connectivity index (χ3n) is 4.54. The first-order chi connectivity index (χ1) is 12.4. The Morgan fingerprint density at radius 3 is 2.50 bits per heavy atom. The Morgan fingerprint density at radius 2 is 1.88 bits per heavy atom. The van der Waals surface area contributed by atoms with Gasteiger partial charge in [0.15, 0.2) is 5.78 Å². The van der Waals surface area contributed by atoms with Gasteiger partial charge in [-0.15, -0.1) is 0 Å². The van der Waals surface area contributed by atoms with Gasteiger partial charge in [-0.05, 0) is 38.5 Å². The molecule has 1 aromatic carbocycles. The molecule has 1 amide bonds. The lowest BCUT2D eigenvalue weighted by Crippen LogP contribution is -2.31. The molecule has 0 bridgehead atoms. The fourth-order valence-corrected chi connectivity index (χ4v) is 3.06. The number of hydrogen-bond donors (Lipinski definition) is 2. The van der Waals surface area contributed by atoms with E-state index in [0.717, 1.165) is 25.7 Å². The van der Waals surface area contributed by atoms with Crippen LogP contribution in [0.4, 0.5) is 0 Å². The van der Waals surface area contributed by atoms with Crippen LogP contribution in [0.2, 0.25) is 0 Å². The zero-order valence-corrected chi connectivity index (χ0v) is 15.6. The van der Waals surface area contributed by atoms with Gasteiger partial charge >= 0.3 is 0 Å². The summed E-state index contributed by atoms with van der Waals surface area (Å²) in [6.07, 6.45) is 4.35. The molecule has 0 radical (unpaired) electrons. The molecule has 2 N–H and O–H groups in total. The van der Waals surface area contributed by atoms with Crippen molar-refractivity contribution in [1.82, 2.24) is 9.88 Å². The van der Waals surface area contributed by atoms with E-state index in [-0.39, 0.29) is 17.2 Å². The summed E-state index contributed by atoms with van der Waals surface area (Å²) in [6.45, 7) is 6.61. The molecule has 0 aliphatic carbocycles. The fraction of sp³-hybridized carbons (Fsp3) is 0.450. The number of pyridine rings is 1. The van der Waals surface area contributed by atoms with Crippen LogP contribution in [0.5, 0.6) is 5.75 Å². The van der Waals surface area contributed by atoms with Gasteiger partial charge in [0.25, 0.3) is 11.5 Å². The van der Waals surface area contributed by atoms with Gasteiger partial charge in [-0.1, -0.05) is 26.2 Å². The number of carbonyl (C=O) groups is 2. The molecular formula is C20H26N2O4. The molecule has 1 aromatic heterocycles. The maximum atomic E-state index is 12.7. The lowest BCUT2D eigenvalue weighted by atomic mass is 10.1. The molecule has 0 unspecified atom stereocenters. The van der Waals surface area contributed by atoms with E-state index < -0.39 is 11.3 Å². The van der Waals surface area contributed by atoms with Gasteiger partial charge in [0.1, 0.15) is 11.3 Å². The smallest absolute Gasteiger partial charge is 0.263 e. The van der Waals surface area contributed by atoms with Crippen LogP contribution in [0.25, 0.3) is 10.9 Å². The second kappa shape index (κ2) is 8.65. The number of amides is 1. The number of fused-ring (bicyclic) bond motifs is 1. The molecule has 0 saturated carbocycles. The summed E-state index contributed by atoms with van der Waals surface area (Å²) in [5.74, 6) is -0.959. The quantitative estimate of drug-likeness (QED) is 0.558. The molecule has 26 heavy (non-hydrogen) atoms. The largest absolute Gasteiger partial charge is 0.506 e. The Kier molecular flexibility index (Phi) is 6.55. The number of unbranched alkanes of at least 4 members (excludes halogenated alkanes) is 3. The number of nitrogens with zero attached hydrogens (tertiary/aromatic N) is 1. The monoisotopic (exact) mass is 358 g/mol. The Hall–Kier alpha value is -2.63. The second-order valence-corrected chi connectivity index (χ2v) is 6.44. The third kappa shape index (κ3) is 4.12. The van der Waals surface area contributed by atoms with Crippen molar-refractivity contribution in [3.05, 3.63) is 39.7 Å².